The quantitative estimate of drug-likeness (QED) is 0.411. The van der Waals surface area contributed by atoms with E-state index in [-0.39, 0.29) is 24.2 Å². The van der Waals surface area contributed by atoms with Gasteiger partial charge in [0, 0.05) is 0 Å². The van der Waals surface area contributed by atoms with Gasteiger partial charge in [-0.2, -0.15) is 0 Å². The van der Waals surface area contributed by atoms with Crippen molar-refractivity contribution in [1.82, 2.24) is 5.48 Å². The first-order valence-corrected chi connectivity index (χ1v) is 9.38. The molecule has 2 atom stereocenters. The second kappa shape index (κ2) is 13.4. The average Bonchev–Trinajstić information content (AvgIpc) is 3.12. The highest BCUT2D eigenvalue weighted by Gasteiger charge is 2.19. The Kier molecular flexibility index (Phi) is 12.5. The van der Waals surface area contributed by atoms with Crippen LogP contribution in [-0.2, 0) is 20.5 Å². The molecule has 1 saturated carbocycles. The number of aryl methyl sites for hydroxylation is 1. The van der Waals surface area contributed by atoms with E-state index in [0.717, 1.165) is 12.8 Å². The van der Waals surface area contributed by atoms with E-state index in [9.17, 15) is 13.4 Å². The van der Waals surface area contributed by atoms with Crippen LogP contribution in [0.25, 0.3) is 0 Å². The smallest absolute Gasteiger partial charge is 0.245 e. The van der Waals surface area contributed by atoms with Crippen molar-refractivity contribution in [1.29, 1.82) is 0 Å². The van der Waals surface area contributed by atoms with Gasteiger partial charge in [-0.05, 0) is 50.5 Å². The van der Waals surface area contributed by atoms with Crippen LogP contribution in [0.1, 0.15) is 44.6 Å². The highest BCUT2D eigenvalue weighted by Crippen LogP contribution is 2.22. The third-order valence-corrected chi connectivity index (χ3v) is 4.40. The highest BCUT2D eigenvalue weighted by atomic mass is 32.2. The zero-order chi connectivity index (χ0) is 20.1. The van der Waals surface area contributed by atoms with Gasteiger partial charge in [0.15, 0.2) is 0 Å². The monoisotopic (exact) mass is 386 g/mol. The van der Waals surface area contributed by atoms with Gasteiger partial charge in [-0.15, -0.1) is 12.8 Å². The number of carbonyl (C=O) groups excluding carboxylic acids is 1. The van der Waals surface area contributed by atoms with E-state index in [1.807, 2.05) is 6.92 Å². The number of nitrogens with one attached hydrogen (secondary N) is 1. The fourth-order valence-corrected chi connectivity index (χ4v) is 2.95. The van der Waals surface area contributed by atoms with Gasteiger partial charge in [-0.1, -0.05) is 12.8 Å². The molecule has 26 heavy (non-hydrogen) atoms. The minimum atomic E-state index is -1.51. The van der Waals surface area contributed by atoms with Crippen molar-refractivity contribution in [2.24, 2.45) is 5.14 Å². The third kappa shape index (κ3) is 9.63. The first-order valence-electron chi connectivity index (χ1n) is 8.17. The Bertz CT molecular complexity index is 604. The van der Waals surface area contributed by atoms with Crippen LogP contribution >= 0.6 is 0 Å². The van der Waals surface area contributed by atoms with E-state index in [4.69, 9.17) is 15.1 Å². The van der Waals surface area contributed by atoms with E-state index in [1.54, 1.807) is 12.4 Å². The number of benzene rings is 1. The second-order valence-corrected chi connectivity index (χ2v) is 6.87. The normalized spacial score (nSPS) is 15.7. The number of hydrogen-bond donors (Lipinski definition) is 3. The summed E-state index contributed by atoms with van der Waals surface area (Å²) in [6, 6.07) is 4.15. The highest BCUT2D eigenvalue weighted by molar-refractivity contribution is 7.82. The lowest BCUT2D eigenvalue weighted by Crippen LogP contribution is -2.26. The minimum Gasteiger partial charge on any atom is -0.375 e. The summed E-state index contributed by atoms with van der Waals surface area (Å²) in [5.74, 6) is -0.690. The number of rotatable bonds is 5. The molecule has 0 bridgehead atoms. The summed E-state index contributed by atoms with van der Waals surface area (Å²) in [6.07, 6.45) is 13.1. The molecule has 0 aliphatic heterocycles. The van der Waals surface area contributed by atoms with E-state index < -0.39 is 11.0 Å². The number of hydroxylamine groups is 1. The fourth-order valence-electron chi connectivity index (χ4n) is 2.45. The molecule has 1 unspecified atom stereocenters. The van der Waals surface area contributed by atoms with Crippen molar-refractivity contribution < 1.29 is 23.3 Å². The molecule has 0 saturated heterocycles. The van der Waals surface area contributed by atoms with E-state index in [1.165, 1.54) is 31.0 Å². The zero-order valence-electron chi connectivity index (χ0n) is 15.1. The summed E-state index contributed by atoms with van der Waals surface area (Å²) in [4.78, 5) is 11.2. The summed E-state index contributed by atoms with van der Waals surface area (Å²) >= 11 is 0. The van der Waals surface area contributed by atoms with Gasteiger partial charge >= 0.3 is 0 Å². The molecule has 1 aliphatic carbocycles. The van der Waals surface area contributed by atoms with Crippen molar-refractivity contribution in [3.8, 4) is 12.8 Å². The number of halogens is 1. The Balaban J connectivity index is 0.000000444. The third-order valence-electron chi connectivity index (χ3n) is 3.69. The van der Waals surface area contributed by atoms with Gasteiger partial charge in [-0.25, -0.2) is 19.2 Å². The average molecular weight is 386 g/mol. The topological polar surface area (TPSA) is 102 Å². The van der Waals surface area contributed by atoms with E-state index in [2.05, 4.69) is 12.8 Å². The molecule has 1 amide bonds. The number of hydrogen-bond acceptors (Lipinski definition) is 4. The van der Waals surface area contributed by atoms with Crippen LogP contribution in [0.2, 0.25) is 0 Å². The van der Waals surface area contributed by atoms with Crippen LogP contribution in [-0.4, -0.2) is 27.5 Å². The minimum absolute atomic E-state index is 0.102. The van der Waals surface area contributed by atoms with Crippen molar-refractivity contribution >= 4 is 16.9 Å². The van der Waals surface area contributed by atoms with Gasteiger partial charge in [0.2, 0.25) is 5.91 Å². The number of amides is 1. The first-order chi connectivity index (χ1) is 12.3. The predicted octanol–water partition coefficient (Wildman–Crippen LogP) is 2.59. The van der Waals surface area contributed by atoms with Crippen LogP contribution in [0.5, 0.6) is 0 Å². The Morgan fingerprint density at radius 2 is 2.04 bits per heavy atom. The molecule has 4 N–H and O–H groups in total. The molecule has 0 heterocycles. The van der Waals surface area contributed by atoms with Crippen LogP contribution in [0.3, 0.4) is 0 Å². The van der Waals surface area contributed by atoms with Gasteiger partial charge < -0.3 is 4.74 Å². The molecule has 1 aromatic rings. The summed E-state index contributed by atoms with van der Waals surface area (Å²) in [5.41, 5.74) is 2.06. The Morgan fingerprint density at radius 1 is 1.46 bits per heavy atom. The van der Waals surface area contributed by atoms with Crippen molar-refractivity contribution in [3.05, 3.63) is 29.6 Å². The first kappa shape index (κ1) is 24.2. The summed E-state index contributed by atoms with van der Waals surface area (Å²) in [5, 5.41) is 13.4. The van der Waals surface area contributed by atoms with Crippen molar-refractivity contribution in [2.45, 2.75) is 63.1 Å². The molecule has 1 fully saturated rings. The summed E-state index contributed by atoms with van der Waals surface area (Å²) in [7, 11) is -1.51. The number of terminal acetylenes is 1. The molecule has 8 heteroatoms. The fraction of sp³-hybridized carbons (Fsp3) is 0.500. The molecule has 2 rings (SSSR count). The van der Waals surface area contributed by atoms with Gasteiger partial charge in [0.1, 0.15) is 16.8 Å². The van der Waals surface area contributed by atoms with Gasteiger partial charge in [-0.3, -0.25) is 10.0 Å². The lowest BCUT2D eigenvalue weighted by Gasteiger charge is -2.17. The molecular weight excluding hydrogens is 359 g/mol. The number of ether oxygens (including phenoxy) is 1. The Labute approximate surface area is 156 Å². The van der Waals surface area contributed by atoms with E-state index in [0.29, 0.717) is 16.6 Å². The molecular formula is C18H27FN2O4S. The molecule has 0 radical (unpaired) electrons. The Hall–Kier alpha value is -1.79. The number of nitrogens with two attached hydrogens (primary N) is 1. The van der Waals surface area contributed by atoms with Crippen LogP contribution in [0, 0.1) is 25.6 Å². The van der Waals surface area contributed by atoms with Gasteiger partial charge in [0.25, 0.3) is 0 Å². The van der Waals surface area contributed by atoms with E-state index >= 15 is 0 Å². The van der Waals surface area contributed by atoms with Crippen LogP contribution in [0.15, 0.2) is 23.1 Å². The molecule has 1 aliphatic rings. The summed E-state index contributed by atoms with van der Waals surface area (Å²) < 4.78 is 28.9. The predicted molar refractivity (Wildman–Crippen MR) is 99.0 cm³/mol. The lowest BCUT2D eigenvalue weighted by molar-refractivity contribution is -0.132. The van der Waals surface area contributed by atoms with Crippen molar-refractivity contribution in [3.63, 3.8) is 0 Å². The molecule has 1 aromatic carbocycles. The molecule has 0 spiro atoms. The molecule has 0 aromatic heterocycles. The second-order valence-electron chi connectivity index (χ2n) is 5.80. The maximum Gasteiger partial charge on any atom is 0.245 e. The standard InChI is InChI=1S/C9H17NO3.C7H8FNOS.C2H2/c1-7(6-9(11)10-12)13-8-4-2-3-5-8;1-5-4-6(11(9)10)2-3-7(5)8;1-2/h7-8,12H,2-6H2,1H3,(H,10,11);2-4H,9H2,1H3;1-2H/t7-;;/m1../s1. The molecule has 146 valence electrons. The lowest BCUT2D eigenvalue weighted by atomic mass is 10.2. The molecule has 6 nitrogen and oxygen atoms in total. The maximum atomic E-state index is 12.6. The SMILES string of the molecule is C#C.C[C@H](CC(=O)NO)OC1CCCC1.Cc1cc(S(N)=O)ccc1F. The number of carbonyl (C=O) groups is 1. The van der Waals surface area contributed by atoms with Crippen LogP contribution in [0.4, 0.5) is 4.39 Å². The largest absolute Gasteiger partial charge is 0.375 e. The van der Waals surface area contributed by atoms with Crippen LogP contribution < -0.4 is 10.6 Å². The van der Waals surface area contributed by atoms with Gasteiger partial charge in [0.05, 0.1) is 23.5 Å². The van der Waals surface area contributed by atoms with Crippen molar-refractivity contribution in [2.75, 3.05) is 0 Å². The summed E-state index contributed by atoms with van der Waals surface area (Å²) in [6.45, 7) is 3.46. The maximum absolute atomic E-state index is 12.6. The Morgan fingerprint density at radius 3 is 2.50 bits per heavy atom. The zero-order valence-corrected chi connectivity index (χ0v) is 15.9.